The standard InChI is InChI=1S/C16H18N2O3/c17-15(20)13-7-9-18(10-8-13)16(21)14-6-2-1-4-12(14)5-3-11-19/h1-2,4,6,13,19H,7-11H2,(H2,17,20). The van der Waals surface area contributed by atoms with Crippen LogP contribution in [0.4, 0.5) is 0 Å². The molecule has 3 N–H and O–H groups in total. The zero-order valence-electron chi connectivity index (χ0n) is 11.7. The molecule has 0 radical (unpaired) electrons. The normalized spacial score (nSPS) is 15.2. The summed E-state index contributed by atoms with van der Waals surface area (Å²) in [4.78, 5) is 25.4. The van der Waals surface area contributed by atoms with Crippen molar-refractivity contribution in [3.63, 3.8) is 0 Å². The third-order valence-electron chi connectivity index (χ3n) is 3.64. The fourth-order valence-corrected chi connectivity index (χ4v) is 2.45. The number of nitrogens with two attached hydrogens (primary N) is 1. The molecular formula is C16H18N2O3. The maximum atomic E-state index is 12.5. The second kappa shape index (κ2) is 6.91. The van der Waals surface area contributed by atoms with Crippen molar-refractivity contribution in [1.82, 2.24) is 4.90 Å². The third kappa shape index (κ3) is 3.61. The third-order valence-corrected chi connectivity index (χ3v) is 3.64. The number of aliphatic hydroxyl groups is 1. The zero-order chi connectivity index (χ0) is 15.2. The van der Waals surface area contributed by atoms with E-state index in [-0.39, 0.29) is 24.3 Å². The van der Waals surface area contributed by atoms with E-state index >= 15 is 0 Å². The second-order valence-corrected chi connectivity index (χ2v) is 4.97. The first kappa shape index (κ1) is 15.1. The monoisotopic (exact) mass is 286 g/mol. The molecule has 1 aromatic rings. The fourth-order valence-electron chi connectivity index (χ4n) is 2.45. The Morgan fingerprint density at radius 3 is 2.57 bits per heavy atom. The Labute approximate surface area is 123 Å². The Kier molecular flexibility index (Phi) is 4.96. The highest BCUT2D eigenvalue weighted by Crippen LogP contribution is 2.19. The van der Waals surface area contributed by atoms with Gasteiger partial charge in [-0.25, -0.2) is 0 Å². The topological polar surface area (TPSA) is 83.6 Å². The number of rotatable bonds is 2. The number of carbonyl (C=O) groups is 2. The van der Waals surface area contributed by atoms with Crippen LogP contribution in [0.3, 0.4) is 0 Å². The van der Waals surface area contributed by atoms with Gasteiger partial charge in [0.2, 0.25) is 5.91 Å². The molecule has 0 saturated carbocycles. The average molecular weight is 286 g/mol. The summed E-state index contributed by atoms with van der Waals surface area (Å²) < 4.78 is 0. The smallest absolute Gasteiger partial charge is 0.255 e. The SMILES string of the molecule is NC(=O)C1CCN(C(=O)c2ccccc2C#CCO)CC1. The lowest BCUT2D eigenvalue weighted by atomic mass is 9.95. The minimum atomic E-state index is -0.295. The molecule has 0 bridgehead atoms. The zero-order valence-corrected chi connectivity index (χ0v) is 11.7. The Bertz CT molecular complexity index is 593. The highest BCUT2D eigenvalue weighted by molar-refractivity contribution is 5.97. The van der Waals surface area contributed by atoms with Crippen LogP contribution in [0.15, 0.2) is 24.3 Å². The van der Waals surface area contributed by atoms with Gasteiger partial charge in [0.25, 0.3) is 5.91 Å². The highest BCUT2D eigenvalue weighted by Gasteiger charge is 2.27. The molecule has 110 valence electrons. The van der Waals surface area contributed by atoms with Crippen molar-refractivity contribution in [2.24, 2.45) is 11.7 Å². The van der Waals surface area contributed by atoms with Gasteiger partial charge in [0.15, 0.2) is 0 Å². The summed E-state index contributed by atoms with van der Waals surface area (Å²) in [6.45, 7) is 0.801. The number of likely N-dealkylation sites (tertiary alicyclic amines) is 1. The number of aliphatic hydroxyl groups excluding tert-OH is 1. The molecule has 0 atom stereocenters. The number of hydrogen-bond acceptors (Lipinski definition) is 3. The van der Waals surface area contributed by atoms with Crippen LogP contribution in [0.2, 0.25) is 0 Å². The Balaban J connectivity index is 2.13. The van der Waals surface area contributed by atoms with Crippen molar-refractivity contribution < 1.29 is 14.7 Å². The van der Waals surface area contributed by atoms with E-state index in [0.29, 0.717) is 37.1 Å². The maximum Gasteiger partial charge on any atom is 0.255 e. The van der Waals surface area contributed by atoms with E-state index in [2.05, 4.69) is 11.8 Å². The van der Waals surface area contributed by atoms with E-state index in [0.717, 1.165) is 0 Å². The van der Waals surface area contributed by atoms with Gasteiger partial charge in [0.05, 0.1) is 5.56 Å². The summed E-state index contributed by atoms with van der Waals surface area (Å²) in [7, 11) is 0. The van der Waals surface area contributed by atoms with Crippen LogP contribution in [0.5, 0.6) is 0 Å². The van der Waals surface area contributed by atoms with Crippen molar-refractivity contribution in [3.05, 3.63) is 35.4 Å². The Morgan fingerprint density at radius 1 is 1.29 bits per heavy atom. The predicted octanol–water partition coefficient (Wildman–Crippen LogP) is 0.368. The molecule has 2 amide bonds. The van der Waals surface area contributed by atoms with Gasteiger partial charge in [-0.05, 0) is 25.0 Å². The van der Waals surface area contributed by atoms with Crippen LogP contribution in [0.1, 0.15) is 28.8 Å². The van der Waals surface area contributed by atoms with Gasteiger partial charge < -0.3 is 15.7 Å². The quantitative estimate of drug-likeness (QED) is 0.770. The number of nitrogens with zero attached hydrogens (tertiary/aromatic N) is 1. The van der Waals surface area contributed by atoms with Gasteiger partial charge in [-0.15, -0.1) is 0 Å². The fraction of sp³-hybridized carbons (Fsp3) is 0.375. The minimum absolute atomic E-state index is 0.0965. The minimum Gasteiger partial charge on any atom is -0.384 e. The molecule has 0 aliphatic carbocycles. The van der Waals surface area contributed by atoms with Gasteiger partial charge in [-0.3, -0.25) is 9.59 Å². The second-order valence-electron chi connectivity index (χ2n) is 4.97. The van der Waals surface area contributed by atoms with Crippen LogP contribution >= 0.6 is 0 Å². The molecule has 1 heterocycles. The van der Waals surface area contributed by atoms with E-state index in [4.69, 9.17) is 10.8 Å². The molecule has 21 heavy (non-hydrogen) atoms. The van der Waals surface area contributed by atoms with E-state index < -0.39 is 0 Å². The molecule has 1 aliphatic rings. The molecule has 1 aliphatic heterocycles. The predicted molar refractivity (Wildman–Crippen MR) is 78.2 cm³/mol. The molecule has 0 spiro atoms. The van der Waals surface area contributed by atoms with Crippen molar-refractivity contribution in [1.29, 1.82) is 0 Å². The Morgan fingerprint density at radius 2 is 1.95 bits per heavy atom. The first-order chi connectivity index (χ1) is 10.1. The molecule has 0 unspecified atom stereocenters. The summed E-state index contributed by atoms with van der Waals surface area (Å²) in [5, 5.41) is 8.77. The van der Waals surface area contributed by atoms with Crippen LogP contribution in [-0.2, 0) is 4.79 Å². The number of benzene rings is 1. The molecule has 5 nitrogen and oxygen atoms in total. The number of hydrogen-bond donors (Lipinski definition) is 2. The van der Waals surface area contributed by atoms with Crippen molar-refractivity contribution in [2.75, 3.05) is 19.7 Å². The van der Waals surface area contributed by atoms with Gasteiger partial charge >= 0.3 is 0 Å². The number of carbonyl (C=O) groups excluding carboxylic acids is 2. The van der Waals surface area contributed by atoms with Crippen LogP contribution in [-0.4, -0.2) is 41.5 Å². The van der Waals surface area contributed by atoms with Gasteiger partial charge in [0, 0.05) is 24.6 Å². The number of amides is 2. The lowest BCUT2D eigenvalue weighted by Crippen LogP contribution is -2.41. The summed E-state index contributed by atoms with van der Waals surface area (Å²) in [6.07, 6.45) is 1.21. The lowest BCUT2D eigenvalue weighted by molar-refractivity contribution is -0.123. The summed E-state index contributed by atoms with van der Waals surface area (Å²) in [6, 6.07) is 7.07. The highest BCUT2D eigenvalue weighted by atomic mass is 16.2. The molecule has 5 heteroatoms. The van der Waals surface area contributed by atoms with Crippen LogP contribution in [0, 0.1) is 17.8 Å². The largest absolute Gasteiger partial charge is 0.384 e. The molecular weight excluding hydrogens is 268 g/mol. The Hall–Kier alpha value is -2.32. The van der Waals surface area contributed by atoms with Gasteiger partial charge in [0.1, 0.15) is 6.61 Å². The molecule has 1 aromatic carbocycles. The van der Waals surface area contributed by atoms with E-state index in [1.807, 2.05) is 0 Å². The van der Waals surface area contributed by atoms with Crippen LogP contribution in [0.25, 0.3) is 0 Å². The maximum absolute atomic E-state index is 12.5. The molecule has 0 aromatic heterocycles. The molecule has 2 rings (SSSR count). The number of piperidine rings is 1. The van der Waals surface area contributed by atoms with Crippen LogP contribution < -0.4 is 5.73 Å². The first-order valence-electron chi connectivity index (χ1n) is 6.91. The van der Waals surface area contributed by atoms with Gasteiger partial charge in [-0.1, -0.05) is 24.0 Å². The first-order valence-corrected chi connectivity index (χ1v) is 6.91. The molecule has 1 saturated heterocycles. The molecule has 1 fully saturated rings. The summed E-state index contributed by atoms with van der Waals surface area (Å²) >= 11 is 0. The van der Waals surface area contributed by atoms with Crippen molar-refractivity contribution in [3.8, 4) is 11.8 Å². The van der Waals surface area contributed by atoms with E-state index in [1.54, 1.807) is 29.2 Å². The van der Waals surface area contributed by atoms with Crippen molar-refractivity contribution >= 4 is 11.8 Å². The lowest BCUT2D eigenvalue weighted by Gasteiger charge is -2.30. The number of primary amides is 1. The summed E-state index contributed by atoms with van der Waals surface area (Å²) in [5.74, 6) is 4.81. The average Bonchev–Trinajstić information content (AvgIpc) is 2.52. The van der Waals surface area contributed by atoms with Gasteiger partial charge in [-0.2, -0.15) is 0 Å². The van der Waals surface area contributed by atoms with Crippen molar-refractivity contribution in [2.45, 2.75) is 12.8 Å². The van der Waals surface area contributed by atoms with E-state index in [1.165, 1.54) is 0 Å². The van der Waals surface area contributed by atoms with E-state index in [9.17, 15) is 9.59 Å². The summed E-state index contributed by atoms with van der Waals surface area (Å²) in [5.41, 5.74) is 6.42.